The molecule has 0 spiro atoms. The summed E-state index contributed by atoms with van der Waals surface area (Å²) in [6.07, 6.45) is -1.03. The summed E-state index contributed by atoms with van der Waals surface area (Å²) < 4.78 is 5.07. The van der Waals surface area contributed by atoms with Gasteiger partial charge in [0.1, 0.15) is 0 Å². The Morgan fingerprint density at radius 3 is 2.28 bits per heavy atom. The standard InChI is InChI=1S/C19H18ClNO4/c1-13(19(24)21-16-5-3-2-4-6-16)25-18(23)12-11-17(22)14-7-9-15(20)10-8-14/h2-10,13H,11-12H2,1H3,(H,21,24)/t13-/m1/s1. The van der Waals surface area contributed by atoms with Crippen molar-refractivity contribution in [1.82, 2.24) is 0 Å². The molecule has 0 aliphatic carbocycles. The first kappa shape index (κ1) is 18.7. The molecule has 25 heavy (non-hydrogen) atoms. The van der Waals surface area contributed by atoms with E-state index in [0.29, 0.717) is 16.3 Å². The van der Waals surface area contributed by atoms with Crippen LogP contribution in [-0.4, -0.2) is 23.8 Å². The van der Waals surface area contributed by atoms with Crippen molar-refractivity contribution in [3.8, 4) is 0 Å². The number of carbonyl (C=O) groups excluding carboxylic acids is 3. The van der Waals surface area contributed by atoms with E-state index in [1.807, 2.05) is 6.07 Å². The lowest BCUT2D eigenvalue weighted by molar-refractivity contribution is -0.153. The number of esters is 1. The van der Waals surface area contributed by atoms with Crippen molar-refractivity contribution in [3.63, 3.8) is 0 Å². The highest BCUT2D eigenvalue weighted by molar-refractivity contribution is 6.30. The summed E-state index contributed by atoms with van der Waals surface area (Å²) in [7, 11) is 0. The Labute approximate surface area is 150 Å². The highest BCUT2D eigenvalue weighted by Gasteiger charge is 2.18. The zero-order valence-electron chi connectivity index (χ0n) is 13.7. The monoisotopic (exact) mass is 359 g/mol. The van der Waals surface area contributed by atoms with Gasteiger partial charge in [0.05, 0.1) is 6.42 Å². The molecule has 0 radical (unpaired) electrons. The Balaban J connectivity index is 1.78. The van der Waals surface area contributed by atoms with Gasteiger partial charge in [-0.05, 0) is 43.3 Å². The molecule has 1 amide bonds. The lowest BCUT2D eigenvalue weighted by Crippen LogP contribution is -2.30. The normalized spacial score (nSPS) is 11.4. The number of halogens is 1. The highest BCUT2D eigenvalue weighted by Crippen LogP contribution is 2.12. The lowest BCUT2D eigenvalue weighted by Gasteiger charge is -2.13. The van der Waals surface area contributed by atoms with Crippen LogP contribution in [0.3, 0.4) is 0 Å². The number of Topliss-reactive ketones (excluding diaryl/α,β-unsaturated/α-hetero) is 1. The molecule has 6 heteroatoms. The Hall–Kier alpha value is -2.66. The molecule has 5 nitrogen and oxygen atoms in total. The fourth-order valence-electron chi connectivity index (χ4n) is 2.07. The Kier molecular flexibility index (Phi) is 6.71. The summed E-state index contributed by atoms with van der Waals surface area (Å²) in [5.41, 5.74) is 1.10. The third kappa shape index (κ3) is 6.04. The minimum atomic E-state index is -0.946. The molecular weight excluding hydrogens is 342 g/mol. The minimum Gasteiger partial charge on any atom is -0.453 e. The van der Waals surface area contributed by atoms with Crippen LogP contribution in [0.15, 0.2) is 54.6 Å². The first-order valence-corrected chi connectivity index (χ1v) is 8.17. The summed E-state index contributed by atoms with van der Waals surface area (Å²) >= 11 is 5.77. The molecular formula is C19H18ClNO4. The van der Waals surface area contributed by atoms with Crippen molar-refractivity contribution in [1.29, 1.82) is 0 Å². The number of anilines is 1. The predicted molar refractivity (Wildman–Crippen MR) is 95.6 cm³/mol. The molecule has 0 aliphatic heterocycles. The van der Waals surface area contributed by atoms with Gasteiger partial charge in [0.25, 0.3) is 5.91 Å². The summed E-state index contributed by atoms with van der Waals surface area (Å²) in [6.45, 7) is 1.48. The quantitative estimate of drug-likeness (QED) is 0.601. The van der Waals surface area contributed by atoms with Crippen molar-refractivity contribution in [2.45, 2.75) is 25.9 Å². The van der Waals surface area contributed by atoms with E-state index in [4.69, 9.17) is 16.3 Å². The molecule has 0 heterocycles. The Morgan fingerprint density at radius 1 is 1.00 bits per heavy atom. The fraction of sp³-hybridized carbons (Fsp3) is 0.211. The number of ether oxygens (including phenoxy) is 1. The van der Waals surface area contributed by atoms with E-state index in [-0.39, 0.29) is 18.6 Å². The van der Waals surface area contributed by atoms with Crippen LogP contribution in [0.5, 0.6) is 0 Å². The van der Waals surface area contributed by atoms with E-state index in [1.165, 1.54) is 6.92 Å². The number of amides is 1. The van der Waals surface area contributed by atoms with Crippen molar-refractivity contribution >= 4 is 34.9 Å². The molecule has 0 unspecified atom stereocenters. The van der Waals surface area contributed by atoms with E-state index in [2.05, 4.69) is 5.32 Å². The van der Waals surface area contributed by atoms with E-state index in [9.17, 15) is 14.4 Å². The summed E-state index contributed by atoms with van der Waals surface area (Å²) in [6, 6.07) is 15.3. The van der Waals surface area contributed by atoms with E-state index < -0.39 is 18.0 Å². The number of hydrogen-bond donors (Lipinski definition) is 1. The molecule has 0 saturated carbocycles. The first-order valence-electron chi connectivity index (χ1n) is 7.80. The molecule has 0 aromatic heterocycles. The minimum absolute atomic E-state index is 0.00743. The summed E-state index contributed by atoms with van der Waals surface area (Å²) in [4.78, 5) is 35.8. The second-order valence-corrected chi connectivity index (χ2v) is 5.85. The maximum Gasteiger partial charge on any atom is 0.307 e. The van der Waals surface area contributed by atoms with Gasteiger partial charge in [-0.2, -0.15) is 0 Å². The van der Waals surface area contributed by atoms with Gasteiger partial charge >= 0.3 is 5.97 Å². The van der Waals surface area contributed by atoms with E-state index >= 15 is 0 Å². The number of hydrogen-bond acceptors (Lipinski definition) is 4. The van der Waals surface area contributed by atoms with E-state index in [1.54, 1.807) is 48.5 Å². The van der Waals surface area contributed by atoms with Crippen molar-refractivity contribution in [2.24, 2.45) is 0 Å². The number of rotatable bonds is 7. The summed E-state index contributed by atoms with van der Waals surface area (Å²) in [5, 5.41) is 3.18. The third-order valence-electron chi connectivity index (χ3n) is 3.44. The molecule has 0 saturated heterocycles. The van der Waals surface area contributed by atoms with Gasteiger partial charge in [0.15, 0.2) is 11.9 Å². The fourth-order valence-corrected chi connectivity index (χ4v) is 2.20. The van der Waals surface area contributed by atoms with Crippen LogP contribution in [0.1, 0.15) is 30.1 Å². The zero-order valence-corrected chi connectivity index (χ0v) is 14.5. The molecule has 2 aromatic carbocycles. The van der Waals surface area contributed by atoms with E-state index in [0.717, 1.165) is 0 Å². The smallest absolute Gasteiger partial charge is 0.307 e. The van der Waals surface area contributed by atoms with Crippen molar-refractivity contribution in [3.05, 3.63) is 65.2 Å². The number of carbonyl (C=O) groups is 3. The third-order valence-corrected chi connectivity index (χ3v) is 3.69. The van der Waals surface area contributed by atoms with Crippen LogP contribution in [0.2, 0.25) is 5.02 Å². The molecule has 0 fully saturated rings. The molecule has 0 bridgehead atoms. The van der Waals surface area contributed by atoms with Gasteiger partial charge < -0.3 is 10.1 Å². The maximum absolute atomic E-state index is 12.0. The highest BCUT2D eigenvalue weighted by atomic mass is 35.5. The van der Waals surface area contributed by atoms with Gasteiger partial charge in [-0.15, -0.1) is 0 Å². The Morgan fingerprint density at radius 2 is 1.64 bits per heavy atom. The number of ketones is 1. The average molecular weight is 360 g/mol. The molecule has 0 aliphatic rings. The largest absolute Gasteiger partial charge is 0.453 e. The number of nitrogens with one attached hydrogen (secondary N) is 1. The molecule has 1 N–H and O–H groups in total. The molecule has 130 valence electrons. The van der Waals surface area contributed by atoms with Gasteiger partial charge in [0.2, 0.25) is 0 Å². The van der Waals surface area contributed by atoms with Crippen LogP contribution < -0.4 is 5.32 Å². The van der Waals surface area contributed by atoms with Gasteiger partial charge in [0, 0.05) is 22.7 Å². The molecule has 1 atom stereocenters. The maximum atomic E-state index is 12.0. The van der Waals surface area contributed by atoms with Crippen molar-refractivity contribution in [2.75, 3.05) is 5.32 Å². The van der Waals surface area contributed by atoms with Crippen LogP contribution in [-0.2, 0) is 14.3 Å². The molecule has 2 aromatic rings. The topological polar surface area (TPSA) is 72.5 Å². The predicted octanol–water partition coefficient (Wildman–Crippen LogP) is 3.87. The zero-order chi connectivity index (χ0) is 18.2. The number of para-hydroxylation sites is 1. The molecule has 2 rings (SSSR count). The SMILES string of the molecule is C[C@@H](OC(=O)CCC(=O)c1ccc(Cl)cc1)C(=O)Nc1ccccc1. The van der Waals surface area contributed by atoms with Crippen LogP contribution >= 0.6 is 11.6 Å². The van der Waals surface area contributed by atoms with Gasteiger partial charge in [-0.1, -0.05) is 29.8 Å². The number of benzene rings is 2. The van der Waals surface area contributed by atoms with Crippen LogP contribution in [0.25, 0.3) is 0 Å². The Bertz CT molecular complexity index is 744. The second-order valence-electron chi connectivity index (χ2n) is 5.42. The van der Waals surface area contributed by atoms with Crippen LogP contribution in [0.4, 0.5) is 5.69 Å². The second kappa shape index (κ2) is 8.99. The average Bonchev–Trinajstić information content (AvgIpc) is 2.61. The lowest BCUT2D eigenvalue weighted by atomic mass is 10.1. The van der Waals surface area contributed by atoms with Crippen molar-refractivity contribution < 1.29 is 19.1 Å². The van der Waals surface area contributed by atoms with Crippen LogP contribution in [0, 0.1) is 0 Å². The van der Waals surface area contributed by atoms with Gasteiger partial charge in [-0.25, -0.2) is 0 Å². The first-order chi connectivity index (χ1) is 12.0. The van der Waals surface area contributed by atoms with Gasteiger partial charge in [-0.3, -0.25) is 14.4 Å². The summed E-state index contributed by atoms with van der Waals surface area (Å²) in [5.74, 6) is -1.21.